The van der Waals surface area contributed by atoms with Crippen molar-refractivity contribution in [3.05, 3.63) is 35.9 Å². The van der Waals surface area contributed by atoms with Crippen LogP contribution >= 0.6 is 15.9 Å². The predicted octanol–water partition coefficient (Wildman–Crippen LogP) is 1.87. The van der Waals surface area contributed by atoms with Crippen molar-refractivity contribution >= 4 is 26.0 Å². The molecule has 0 amide bonds. The Hall–Kier alpha value is -0.430. The van der Waals surface area contributed by atoms with Crippen LogP contribution in [-0.4, -0.2) is 26.2 Å². The molecule has 0 aromatic heterocycles. The van der Waals surface area contributed by atoms with Gasteiger partial charge in [0.1, 0.15) is 4.66 Å². The number of halogens is 1. The minimum absolute atomic E-state index is 0.0646. The van der Waals surface area contributed by atoms with Crippen molar-refractivity contribution < 1.29 is 13.2 Å². The summed E-state index contributed by atoms with van der Waals surface area (Å²) in [6, 6.07) is 9.87. The summed E-state index contributed by atoms with van der Waals surface area (Å²) >= 11 is 2.90. The molecule has 0 bridgehead atoms. The van der Waals surface area contributed by atoms with Gasteiger partial charge in [-0.2, -0.15) is 0 Å². The van der Waals surface area contributed by atoms with E-state index in [0.717, 1.165) is 5.56 Å². The Morgan fingerprint density at radius 2 is 1.94 bits per heavy atom. The van der Waals surface area contributed by atoms with Crippen molar-refractivity contribution in [1.29, 1.82) is 0 Å². The first-order valence-electron chi connectivity index (χ1n) is 5.29. The Morgan fingerprint density at radius 1 is 1.24 bits per heavy atom. The minimum Gasteiger partial charge on any atom is -0.377 e. The van der Waals surface area contributed by atoms with E-state index in [9.17, 15) is 8.42 Å². The van der Waals surface area contributed by atoms with Crippen molar-refractivity contribution in [2.24, 2.45) is 0 Å². The number of sulfonamides is 1. The van der Waals surface area contributed by atoms with Gasteiger partial charge in [-0.1, -0.05) is 46.3 Å². The van der Waals surface area contributed by atoms with Crippen LogP contribution in [0.1, 0.15) is 12.0 Å². The lowest BCUT2D eigenvalue weighted by Gasteiger charge is -2.05. The SMILES string of the molecule is O=S(=O)(CBr)NCCCOCc1ccccc1. The zero-order valence-electron chi connectivity index (χ0n) is 9.43. The first-order chi connectivity index (χ1) is 8.14. The van der Waals surface area contributed by atoms with Crippen molar-refractivity contribution in [3.63, 3.8) is 0 Å². The molecule has 1 N–H and O–H groups in total. The molecule has 1 rings (SSSR count). The molecule has 1 aromatic carbocycles. The highest BCUT2D eigenvalue weighted by Crippen LogP contribution is 2.00. The van der Waals surface area contributed by atoms with Gasteiger partial charge < -0.3 is 4.74 Å². The summed E-state index contributed by atoms with van der Waals surface area (Å²) in [7, 11) is -3.15. The highest BCUT2D eigenvalue weighted by Gasteiger charge is 2.05. The minimum atomic E-state index is -3.15. The first kappa shape index (κ1) is 14.6. The van der Waals surface area contributed by atoms with Crippen LogP contribution in [0.15, 0.2) is 30.3 Å². The molecule has 0 atom stereocenters. The van der Waals surface area contributed by atoms with Crippen LogP contribution in [0.5, 0.6) is 0 Å². The number of nitrogens with one attached hydrogen (secondary N) is 1. The molecule has 0 saturated heterocycles. The first-order valence-corrected chi connectivity index (χ1v) is 8.06. The van der Waals surface area contributed by atoms with Gasteiger partial charge in [0.25, 0.3) is 0 Å². The van der Waals surface area contributed by atoms with Gasteiger partial charge in [0, 0.05) is 13.2 Å². The lowest BCUT2D eigenvalue weighted by atomic mass is 10.2. The summed E-state index contributed by atoms with van der Waals surface area (Å²) in [6.45, 7) is 1.51. The second kappa shape index (κ2) is 7.81. The van der Waals surface area contributed by atoms with Crippen LogP contribution in [0.25, 0.3) is 0 Å². The molecule has 1 aromatic rings. The smallest absolute Gasteiger partial charge is 0.221 e. The summed E-state index contributed by atoms with van der Waals surface area (Å²) in [4.78, 5) is 0. The number of benzene rings is 1. The molecular weight excluding hydrogens is 306 g/mol. The second-order valence-corrected chi connectivity index (χ2v) is 6.62. The average Bonchev–Trinajstić information content (AvgIpc) is 2.35. The lowest BCUT2D eigenvalue weighted by Crippen LogP contribution is -2.26. The van der Waals surface area contributed by atoms with Gasteiger partial charge in [-0.15, -0.1) is 0 Å². The molecule has 0 unspecified atom stereocenters. The van der Waals surface area contributed by atoms with Crippen LogP contribution in [0.3, 0.4) is 0 Å². The molecular formula is C11H16BrNO3S. The van der Waals surface area contributed by atoms with Gasteiger partial charge in [-0.05, 0) is 12.0 Å². The highest BCUT2D eigenvalue weighted by atomic mass is 79.9. The van der Waals surface area contributed by atoms with Gasteiger partial charge in [-0.3, -0.25) is 0 Å². The Morgan fingerprint density at radius 3 is 2.59 bits per heavy atom. The molecule has 96 valence electrons. The summed E-state index contributed by atoms with van der Waals surface area (Å²) in [5.74, 6) is 0. The van der Waals surface area contributed by atoms with E-state index >= 15 is 0 Å². The normalized spacial score (nSPS) is 11.6. The fourth-order valence-electron chi connectivity index (χ4n) is 1.20. The third-order valence-corrected chi connectivity index (χ3v) is 4.78. The van der Waals surface area contributed by atoms with E-state index < -0.39 is 10.0 Å². The van der Waals surface area contributed by atoms with Crippen LogP contribution in [-0.2, 0) is 21.4 Å². The van der Waals surface area contributed by atoms with Crippen LogP contribution in [0, 0.1) is 0 Å². The Labute approximate surface area is 111 Å². The molecule has 0 radical (unpaired) electrons. The van der Waals surface area contributed by atoms with E-state index in [1.807, 2.05) is 30.3 Å². The quantitative estimate of drug-likeness (QED) is 0.587. The van der Waals surface area contributed by atoms with Gasteiger partial charge in [0.05, 0.1) is 6.61 Å². The fraction of sp³-hybridized carbons (Fsp3) is 0.455. The summed E-state index contributed by atoms with van der Waals surface area (Å²) < 4.78 is 29.9. The number of hydrogen-bond acceptors (Lipinski definition) is 3. The monoisotopic (exact) mass is 321 g/mol. The number of alkyl halides is 1. The number of rotatable bonds is 8. The predicted molar refractivity (Wildman–Crippen MR) is 71.4 cm³/mol. The molecule has 6 heteroatoms. The summed E-state index contributed by atoms with van der Waals surface area (Å²) in [5, 5.41) is 0. The zero-order chi connectivity index (χ0) is 12.6. The molecule has 0 saturated carbocycles. The maximum absolute atomic E-state index is 11.1. The maximum Gasteiger partial charge on any atom is 0.221 e. The Balaban J connectivity index is 2.06. The summed E-state index contributed by atoms with van der Waals surface area (Å²) in [5.41, 5.74) is 1.12. The zero-order valence-corrected chi connectivity index (χ0v) is 11.8. The van der Waals surface area contributed by atoms with Crippen molar-refractivity contribution in [1.82, 2.24) is 4.72 Å². The average molecular weight is 322 g/mol. The van der Waals surface area contributed by atoms with Crippen molar-refractivity contribution in [3.8, 4) is 0 Å². The largest absolute Gasteiger partial charge is 0.377 e. The molecule has 0 aliphatic carbocycles. The molecule has 0 aliphatic heterocycles. The second-order valence-electron chi connectivity index (χ2n) is 3.51. The van der Waals surface area contributed by atoms with Crippen molar-refractivity contribution in [2.45, 2.75) is 13.0 Å². The van der Waals surface area contributed by atoms with Gasteiger partial charge in [0.2, 0.25) is 10.0 Å². The fourth-order valence-corrected chi connectivity index (χ4v) is 2.22. The number of ether oxygens (including phenoxy) is 1. The third-order valence-electron chi connectivity index (χ3n) is 2.04. The summed E-state index contributed by atoms with van der Waals surface area (Å²) in [6.07, 6.45) is 0.666. The van der Waals surface area contributed by atoms with Gasteiger partial charge >= 0.3 is 0 Å². The molecule has 0 spiro atoms. The highest BCUT2D eigenvalue weighted by molar-refractivity contribution is 9.10. The van der Waals surface area contributed by atoms with Crippen LogP contribution < -0.4 is 4.72 Å². The molecule has 0 fully saturated rings. The molecule has 0 heterocycles. The molecule has 0 aliphatic rings. The maximum atomic E-state index is 11.1. The number of hydrogen-bond donors (Lipinski definition) is 1. The van der Waals surface area contributed by atoms with E-state index in [1.165, 1.54) is 0 Å². The van der Waals surface area contributed by atoms with Crippen LogP contribution in [0.4, 0.5) is 0 Å². The third kappa shape index (κ3) is 6.78. The van der Waals surface area contributed by atoms with E-state index in [-0.39, 0.29) is 4.66 Å². The van der Waals surface area contributed by atoms with E-state index in [4.69, 9.17) is 4.74 Å². The standard InChI is InChI=1S/C11H16BrNO3S/c12-10-17(14,15)13-7-4-8-16-9-11-5-2-1-3-6-11/h1-3,5-6,13H,4,7-10H2. The van der Waals surface area contributed by atoms with Crippen LogP contribution in [0.2, 0.25) is 0 Å². The van der Waals surface area contributed by atoms with E-state index in [2.05, 4.69) is 20.7 Å². The Bertz CT molecular complexity index is 408. The van der Waals surface area contributed by atoms with E-state index in [0.29, 0.717) is 26.2 Å². The topological polar surface area (TPSA) is 55.4 Å². The van der Waals surface area contributed by atoms with Gasteiger partial charge in [0.15, 0.2) is 0 Å². The Kier molecular flexibility index (Phi) is 6.72. The van der Waals surface area contributed by atoms with Crippen molar-refractivity contribution in [2.75, 3.05) is 17.8 Å². The molecule has 4 nitrogen and oxygen atoms in total. The van der Waals surface area contributed by atoms with E-state index in [1.54, 1.807) is 0 Å². The lowest BCUT2D eigenvalue weighted by molar-refractivity contribution is 0.119. The molecule has 17 heavy (non-hydrogen) atoms. The van der Waals surface area contributed by atoms with Gasteiger partial charge in [-0.25, -0.2) is 13.1 Å².